The number of hydrogen-bond donors (Lipinski definition) is 1. The molecule has 0 radical (unpaired) electrons. The summed E-state index contributed by atoms with van der Waals surface area (Å²) in [4.78, 5) is 16.9. The van der Waals surface area contributed by atoms with Crippen LogP contribution in [0.5, 0.6) is 0 Å². The van der Waals surface area contributed by atoms with Gasteiger partial charge in [0.05, 0.1) is 12.5 Å². The second-order valence-electron chi connectivity index (χ2n) is 3.73. The van der Waals surface area contributed by atoms with Crippen LogP contribution in [0.25, 0.3) is 22.6 Å². The number of nitrogen functional groups attached to an aromatic ring is 1. The van der Waals surface area contributed by atoms with Crippen LogP contribution in [-0.4, -0.2) is 24.5 Å². The van der Waals surface area contributed by atoms with Gasteiger partial charge in [-0.05, 0) is 12.1 Å². The van der Waals surface area contributed by atoms with Gasteiger partial charge in [0.2, 0.25) is 0 Å². The first-order chi connectivity index (χ1) is 8.24. The van der Waals surface area contributed by atoms with Crippen molar-refractivity contribution in [2.45, 2.75) is 0 Å². The SMILES string of the molecule is Cn1cnc2nc(-c3ccc(N)nc3)ncc21. The number of aromatic nitrogens is 5. The Bertz CT molecular complexity index is 670. The number of rotatable bonds is 1. The lowest BCUT2D eigenvalue weighted by molar-refractivity contribution is 0.944. The zero-order valence-electron chi connectivity index (χ0n) is 9.20. The van der Waals surface area contributed by atoms with E-state index in [-0.39, 0.29) is 0 Å². The number of imidazole rings is 1. The molecule has 0 bridgehead atoms. The van der Waals surface area contributed by atoms with Gasteiger partial charge in [-0.15, -0.1) is 0 Å². The van der Waals surface area contributed by atoms with Crippen LogP contribution in [0.3, 0.4) is 0 Å². The van der Waals surface area contributed by atoms with Crippen molar-refractivity contribution in [3.05, 3.63) is 30.9 Å². The lowest BCUT2D eigenvalue weighted by atomic mass is 10.2. The molecule has 0 amide bonds. The largest absolute Gasteiger partial charge is 0.384 e. The van der Waals surface area contributed by atoms with E-state index in [1.165, 1.54) is 0 Å². The van der Waals surface area contributed by atoms with Gasteiger partial charge < -0.3 is 10.3 Å². The van der Waals surface area contributed by atoms with E-state index < -0.39 is 0 Å². The predicted molar refractivity (Wildman–Crippen MR) is 63.9 cm³/mol. The molecule has 0 aliphatic heterocycles. The van der Waals surface area contributed by atoms with Crippen LogP contribution in [-0.2, 0) is 7.05 Å². The van der Waals surface area contributed by atoms with E-state index in [0.717, 1.165) is 11.1 Å². The van der Waals surface area contributed by atoms with Gasteiger partial charge >= 0.3 is 0 Å². The Balaban J connectivity index is 2.14. The third-order valence-electron chi connectivity index (χ3n) is 2.53. The number of anilines is 1. The lowest BCUT2D eigenvalue weighted by Crippen LogP contribution is -1.94. The number of nitrogens with zero attached hydrogens (tertiary/aromatic N) is 5. The van der Waals surface area contributed by atoms with Crippen LogP contribution in [0.15, 0.2) is 30.9 Å². The molecule has 0 aliphatic rings. The smallest absolute Gasteiger partial charge is 0.181 e. The first kappa shape index (κ1) is 9.71. The minimum atomic E-state index is 0.479. The molecule has 3 rings (SSSR count). The fourth-order valence-corrected chi connectivity index (χ4v) is 1.59. The molecule has 0 aliphatic carbocycles. The van der Waals surface area contributed by atoms with Crippen molar-refractivity contribution in [1.29, 1.82) is 0 Å². The third-order valence-corrected chi connectivity index (χ3v) is 2.53. The second-order valence-corrected chi connectivity index (χ2v) is 3.73. The Labute approximate surface area is 97.2 Å². The third kappa shape index (κ3) is 1.59. The average Bonchev–Trinajstić information content (AvgIpc) is 2.72. The fourth-order valence-electron chi connectivity index (χ4n) is 1.59. The van der Waals surface area contributed by atoms with E-state index in [0.29, 0.717) is 17.3 Å². The van der Waals surface area contributed by atoms with Crippen molar-refractivity contribution >= 4 is 17.0 Å². The molecule has 0 atom stereocenters. The predicted octanol–water partition coefficient (Wildman–Crippen LogP) is 1.01. The molecule has 0 saturated heterocycles. The van der Waals surface area contributed by atoms with Crippen molar-refractivity contribution in [2.24, 2.45) is 7.05 Å². The van der Waals surface area contributed by atoms with E-state index in [4.69, 9.17) is 5.73 Å². The Morgan fingerprint density at radius 2 is 2.00 bits per heavy atom. The van der Waals surface area contributed by atoms with Gasteiger partial charge in [0.25, 0.3) is 0 Å². The second kappa shape index (κ2) is 3.51. The first-order valence-electron chi connectivity index (χ1n) is 5.10. The van der Waals surface area contributed by atoms with Crippen molar-refractivity contribution in [2.75, 3.05) is 5.73 Å². The van der Waals surface area contributed by atoms with Crippen molar-refractivity contribution in [3.8, 4) is 11.4 Å². The average molecular weight is 226 g/mol. The van der Waals surface area contributed by atoms with Crippen LogP contribution in [0.2, 0.25) is 0 Å². The standard InChI is InChI=1S/C11H10N6/c1-17-6-15-11-8(17)5-14-10(16-11)7-2-3-9(12)13-4-7/h2-6H,1H3,(H2,12,13). The monoisotopic (exact) mass is 226 g/mol. The minimum absolute atomic E-state index is 0.479. The molecule has 0 saturated carbocycles. The fraction of sp³-hybridized carbons (Fsp3) is 0.0909. The maximum Gasteiger partial charge on any atom is 0.181 e. The molecule has 3 heterocycles. The zero-order valence-corrected chi connectivity index (χ0v) is 9.20. The highest BCUT2D eigenvalue weighted by Crippen LogP contribution is 2.16. The normalized spacial score (nSPS) is 10.9. The molecule has 84 valence electrons. The number of aryl methyl sites for hydroxylation is 1. The van der Waals surface area contributed by atoms with Gasteiger partial charge in [-0.1, -0.05) is 0 Å². The van der Waals surface area contributed by atoms with Crippen LogP contribution in [0.4, 0.5) is 5.82 Å². The van der Waals surface area contributed by atoms with E-state index in [2.05, 4.69) is 19.9 Å². The van der Waals surface area contributed by atoms with Crippen LogP contribution in [0.1, 0.15) is 0 Å². The number of fused-ring (bicyclic) bond motifs is 1. The molecule has 0 aromatic carbocycles. The summed E-state index contributed by atoms with van der Waals surface area (Å²) in [5.41, 5.74) is 7.93. The molecule has 2 N–H and O–H groups in total. The molecule has 6 nitrogen and oxygen atoms in total. The van der Waals surface area contributed by atoms with Crippen molar-refractivity contribution in [3.63, 3.8) is 0 Å². The summed E-state index contributed by atoms with van der Waals surface area (Å²) in [5.74, 6) is 1.08. The molecule has 3 aromatic heterocycles. The highest BCUT2D eigenvalue weighted by Gasteiger charge is 2.06. The highest BCUT2D eigenvalue weighted by molar-refractivity contribution is 5.72. The van der Waals surface area contributed by atoms with E-state index >= 15 is 0 Å². The Morgan fingerprint density at radius 1 is 1.12 bits per heavy atom. The first-order valence-corrected chi connectivity index (χ1v) is 5.10. The van der Waals surface area contributed by atoms with Crippen molar-refractivity contribution < 1.29 is 0 Å². The summed E-state index contributed by atoms with van der Waals surface area (Å²) in [6, 6.07) is 3.56. The van der Waals surface area contributed by atoms with Crippen LogP contribution in [0, 0.1) is 0 Å². The summed E-state index contributed by atoms with van der Waals surface area (Å²) < 4.78 is 1.88. The molecule has 0 unspecified atom stereocenters. The van der Waals surface area contributed by atoms with Gasteiger partial charge in [-0.2, -0.15) is 0 Å². The Hall–Kier alpha value is -2.50. The summed E-state index contributed by atoms with van der Waals surface area (Å²) >= 11 is 0. The van der Waals surface area contributed by atoms with Crippen molar-refractivity contribution in [1.82, 2.24) is 24.5 Å². The quantitative estimate of drug-likeness (QED) is 0.669. The maximum absolute atomic E-state index is 5.53. The highest BCUT2D eigenvalue weighted by atomic mass is 15.1. The Morgan fingerprint density at radius 3 is 2.76 bits per heavy atom. The lowest BCUT2D eigenvalue weighted by Gasteiger charge is -2.00. The van der Waals surface area contributed by atoms with Crippen LogP contribution >= 0.6 is 0 Å². The van der Waals surface area contributed by atoms with Gasteiger partial charge in [-0.25, -0.2) is 19.9 Å². The topological polar surface area (TPSA) is 82.5 Å². The van der Waals surface area contributed by atoms with E-state index in [1.807, 2.05) is 17.7 Å². The molecule has 17 heavy (non-hydrogen) atoms. The summed E-state index contributed by atoms with van der Waals surface area (Å²) in [7, 11) is 1.91. The molecular weight excluding hydrogens is 216 g/mol. The summed E-state index contributed by atoms with van der Waals surface area (Å²) in [5, 5.41) is 0. The number of pyridine rings is 1. The maximum atomic E-state index is 5.53. The Kier molecular flexibility index (Phi) is 2.01. The van der Waals surface area contributed by atoms with Gasteiger partial charge in [0, 0.05) is 18.8 Å². The van der Waals surface area contributed by atoms with Gasteiger partial charge in [-0.3, -0.25) is 0 Å². The number of nitrogens with two attached hydrogens (primary N) is 1. The summed E-state index contributed by atoms with van der Waals surface area (Å²) in [6.45, 7) is 0. The molecule has 6 heteroatoms. The van der Waals surface area contributed by atoms with E-state index in [9.17, 15) is 0 Å². The minimum Gasteiger partial charge on any atom is -0.384 e. The van der Waals surface area contributed by atoms with Gasteiger partial charge in [0.15, 0.2) is 11.5 Å². The van der Waals surface area contributed by atoms with Gasteiger partial charge in [0.1, 0.15) is 11.3 Å². The van der Waals surface area contributed by atoms with Crippen LogP contribution < -0.4 is 5.73 Å². The molecule has 0 fully saturated rings. The number of hydrogen-bond acceptors (Lipinski definition) is 5. The molecule has 3 aromatic rings. The molecule has 0 spiro atoms. The summed E-state index contributed by atoms with van der Waals surface area (Å²) in [6.07, 6.45) is 5.12. The van der Waals surface area contributed by atoms with E-state index in [1.54, 1.807) is 24.8 Å². The molecular formula is C11H10N6. The zero-order chi connectivity index (χ0) is 11.8.